The molecule has 3 rings (SSSR count). The predicted molar refractivity (Wildman–Crippen MR) is 145 cm³/mol. The minimum atomic E-state index is -3.29. The number of rotatable bonds is 10. The zero-order chi connectivity index (χ0) is 31.1. The molecule has 3 N–H and O–H groups in total. The number of piperidine rings is 1. The van der Waals surface area contributed by atoms with E-state index in [1.807, 2.05) is 0 Å². The molecule has 18 nitrogen and oxygen atoms in total. The van der Waals surface area contributed by atoms with E-state index in [1.54, 1.807) is 37.9 Å². The highest BCUT2D eigenvalue weighted by atomic mass is 32.2. The number of carbonyl (C=O) groups is 1. The summed E-state index contributed by atoms with van der Waals surface area (Å²) in [7, 11) is -1.60. The van der Waals surface area contributed by atoms with Gasteiger partial charge < -0.3 is 4.90 Å². The van der Waals surface area contributed by atoms with Crippen LogP contribution in [0.5, 0.6) is 0 Å². The predicted octanol–water partition coefficient (Wildman–Crippen LogP) is 6.79. The Morgan fingerprint density at radius 1 is 0.952 bits per heavy atom. The fourth-order valence-corrected chi connectivity index (χ4v) is 5.74. The van der Waals surface area contributed by atoms with Gasteiger partial charge in [-0.15, -0.1) is 11.3 Å². The van der Waals surface area contributed by atoms with Crippen LogP contribution < -0.4 is 5.32 Å². The number of urea groups is 1. The van der Waals surface area contributed by atoms with Gasteiger partial charge >= 0.3 is 6.03 Å². The van der Waals surface area contributed by atoms with Gasteiger partial charge in [-0.1, -0.05) is 0 Å². The maximum absolute atomic E-state index is 13.4. The lowest BCUT2D eigenvalue weighted by Crippen LogP contribution is -2.49. The highest BCUT2D eigenvalue weighted by Crippen LogP contribution is 2.32. The Hall–Kier alpha value is -4.44. The molecule has 226 valence electrons. The lowest BCUT2D eigenvalue weighted by Gasteiger charge is -2.36. The summed E-state index contributed by atoms with van der Waals surface area (Å²) in [6, 6.07) is 6.30. The van der Waals surface area contributed by atoms with Crippen molar-refractivity contribution in [1.82, 2.24) is 9.21 Å². The van der Waals surface area contributed by atoms with Gasteiger partial charge in [0.1, 0.15) is 11.6 Å². The number of nitrogens with zero attached hydrogens (tertiary/aromatic N) is 12. The molecule has 0 unspecified atom stereocenters. The third kappa shape index (κ3) is 10.5. The summed E-state index contributed by atoms with van der Waals surface area (Å²) < 4.78 is 52.9. The Morgan fingerprint density at radius 3 is 1.93 bits per heavy atom. The van der Waals surface area contributed by atoms with Gasteiger partial charge in [0.25, 0.3) is 0 Å². The van der Waals surface area contributed by atoms with E-state index in [2.05, 4.69) is 57.5 Å². The minimum Gasteiger partial charge on any atom is -0.324 e. The number of sulfonamides is 1. The van der Waals surface area contributed by atoms with Crippen molar-refractivity contribution in [2.45, 2.75) is 38.0 Å². The first-order valence-electron chi connectivity index (χ1n) is 11.9. The number of carbonyl (C=O) groups excluding carboxylic acids is 1. The second-order valence-electron chi connectivity index (χ2n) is 8.50. The largest absolute Gasteiger partial charge is 0.324 e. The Bertz CT molecular complexity index is 1390. The van der Waals surface area contributed by atoms with E-state index in [9.17, 15) is 22.0 Å². The van der Waals surface area contributed by atoms with Gasteiger partial charge in [-0.2, -0.15) is 11.1 Å². The topological polar surface area (TPSA) is 241 Å². The van der Waals surface area contributed by atoms with Crippen LogP contribution in [0.25, 0.3) is 10.4 Å². The molecule has 0 bridgehead atoms. The fourth-order valence-electron chi connectivity index (χ4n) is 3.55. The number of hydrogen-bond acceptors (Lipinski definition) is 6. The summed E-state index contributed by atoms with van der Waals surface area (Å²) in [6.07, 6.45) is 1.13. The van der Waals surface area contributed by atoms with E-state index in [0.717, 1.165) is 6.07 Å². The number of halogens is 2. The average Bonchev–Trinajstić information content (AvgIpc) is 3.42. The maximum Gasteiger partial charge on any atom is 0.322 e. The zero-order valence-corrected chi connectivity index (χ0v) is 24.2. The summed E-state index contributed by atoms with van der Waals surface area (Å²) in [5.41, 5.74) is 12.6. The van der Waals surface area contributed by atoms with Crippen molar-refractivity contribution in [2.24, 2.45) is 52.2 Å². The summed E-state index contributed by atoms with van der Waals surface area (Å²) in [5.74, 6) is -1.32. The van der Waals surface area contributed by atoms with Crippen LogP contribution in [0.2, 0.25) is 0 Å². The van der Waals surface area contributed by atoms with Crippen LogP contribution in [-0.4, -0.2) is 55.1 Å². The first-order valence-corrected chi connectivity index (χ1v) is 14.2. The molecular formula is C20H27F2N15O3S2. The summed E-state index contributed by atoms with van der Waals surface area (Å²) in [6.45, 7) is 4.09. The van der Waals surface area contributed by atoms with Crippen LogP contribution in [0.15, 0.2) is 82.6 Å². The van der Waals surface area contributed by atoms with Crippen LogP contribution in [0.3, 0.4) is 0 Å². The third-order valence-corrected chi connectivity index (χ3v) is 8.93. The fraction of sp³-hybridized carbons (Fsp3) is 0.450. The second-order valence-corrected chi connectivity index (χ2v) is 12.1. The van der Waals surface area contributed by atoms with Crippen molar-refractivity contribution >= 4 is 32.4 Å². The monoisotopic (exact) mass is 627 g/mol. The molecule has 1 aromatic carbocycles. The van der Waals surface area contributed by atoms with E-state index in [0.29, 0.717) is 41.4 Å². The Morgan fingerprint density at radius 2 is 1.45 bits per heavy atom. The normalized spacial score (nSPS) is 15.0. The third-order valence-electron chi connectivity index (χ3n) is 5.60. The molecule has 0 saturated carbocycles. The van der Waals surface area contributed by atoms with Crippen LogP contribution in [0, 0.1) is 22.7 Å². The van der Waals surface area contributed by atoms with Crippen LogP contribution >= 0.6 is 11.3 Å². The van der Waals surface area contributed by atoms with Crippen molar-refractivity contribution in [3.05, 3.63) is 42.0 Å². The smallest absolute Gasteiger partial charge is 0.322 e. The number of benzene rings is 1. The van der Waals surface area contributed by atoms with Crippen molar-refractivity contribution < 1.29 is 22.0 Å². The van der Waals surface area contributed by atoms with Gasteiger partial charge in [-0.3, -0.25) is 5.32 Å². The molecule has 22 heteroatoms. The minimum absolute atomic E-state index is 0.0691. The first-order chi connectivity index (χ1) is 20.0. The van der Waals surface area contributed by atoms with Crippen molar-refractivity contribution in [3.63, 3.8) is 0 Å². The molecular weight excluding hydrogens is 600 g/mol. The quantitative estimate of drug-likeness (QED) is 0.190. The molecule has 0 aliphatic carbocycles. The van der Waals surface area contributed by atoms with Crippen molar-refractivity contribution in [2.75, 3.05) is 25.5 Å². The Labute approximate surface area is 242 Å². The summed E-state index contributed by atoms with van der Waals surface area (Å²) in [4.78, 5) is 14.8. The van der Waals surface area contributed by atoms with E-state index < -0.39 is 26.9 Å². The van der Waals surface area contributed by atoms with Crippen LogP contribution in [-0.2, 0) is 10.0 Å². The van der Waals surface area contributed by atoms with E-state index in [-0.39, 0.29) is 12.1 Å². The second kappa shape index (κ2) is 16.7. The highest BCUT2D eigenvalue weighted by molar-refractivity contribution is 7.89. The average molecular weight is 628 g/mol. The molecule has 1 fully saturated rings. The lowest BCUT2D eigenvalue weighted by atomic mass is 10.1. The van der Waals surface area contributed by atoms with Gasteiger partial charge in [-0.25, -0.2) is 26.3 Å². The van der Waals surface area contributed by atoms with E-state index in [1.165, 1.54) is 27.8 Å². The number of hydrogen-bond donors (Lipinski definition) is 3. The molecule has 42 heavy (non-hydrogen) atoms. The van der Waals surface area contributed by atoms with Gasteiger partial charge in [-0.05, 0) is 109 Å². The van der Waals surface area contributed by atoms with Gasteiger partial charge in [0.2, 0.25) is 10.0 Å². The highest BCUT2D eigenvalue weighted by Gasteiger charge is 2.32. The molecule has 1 aliphatic rings. The number of thiophene rings is 1. The summed E-state index contributed by atoms with van der Waals surface area (Å²) >= 11 is 1.22. The SMILES string of the molecule is CC(C)S(=O)(=O)N1CCC(N(C)C(=O)Nc2ccc(-c3cc(F)cc(F)c3)s2)CC1.N=N/N=N/N=N/N=N/N=N/N=N. The molecule has 1 aromatic heterocycles. The zero-order valence-electron chi connectivity index (χ0n) is 22.5. The van der Waals surface area contributed by atoms with E-state index in [4.69, 9.17) is 11.1 Å². The lowest BCUT2D eigenvalue weighted by molar-refractivity contribution is 0.173. The number of nitrogens with one attached hydrogen (secondary N) is 3. The molecule has 2 aromatic rings. The van der Waals surface area contributed by atoms with Crippen LogP contribution in [0.1, 0.15) is 26.7 Å². The molecule has 0 radical (unpaired) electrons. The van der Waals surface area contributed by atoms with Gasteiger partial charge in [0, 0.05) is 37.1 Å². The molecule has 0 spiro atoms. The Balaban J connectivity index is 0.000000435. The van der Waals surface area contributed by atoms with Crippen molar-refractivity contribution in [1.29, 1.82) is 11.1 Å². The maximum atomic E-state index is 13.4. The molecule has 1 saturated heterocycles. The molecule has 0 atom stereocenters. The molecule has 1 aliphatic heterocycles. The standard InChI is InChI=1S/C20H25F2N3O3S2.H2N12/c1-13(2)30(27,28)25-8-6-17(7-9-25)24(3)20(26)23-19-5-4-18(29-19)14-10-15(21)12-16(22)11-14;1-3-5-7-9-11-12-10-8-6-4-2/h4-5,10-13,17H,6-9H2,1-3H3,(H,23,26);1-2H/b;3-1?,4-2?,7-5+,8-6+,11-9+,12-10+. The summed E-state index contributed by atoms with van der Waals surface area (Å²) in [5, 5.41) is 30.7. The van der Waals surface area contributed by atoms with E-state index >= 15 is 0 Å². The molecule has 2 amide bonds. The van der Waals surface area contributed by atoms with Gasteiger partial charge in [0.05, 0.1) is 10.3 Å². The van der Waals surface area contributed by atoms with Crippen LogP contribution in [0.4, 0.5) is 18.6 Å². The first kappa shape index (κ1) is 33.8. The molecule has 2 heterocycles. The van der Waals surface area contributed by atoms with Gasteiger partial charge in [0.15, 0.2) is 0 Å². The Kier molecular flexibility index (Phi) is 13.5. The number of anilines is 1. The van der Waals surface area contributed by atoms with Crippen molar-refractivity contribution in [3.8, 4) is 10.4 Å². The number of amides is 2.